The van der Waals surface area contributed by atoms with Gasteiger partial charge in [0.15, 0.2) is 6.10 Å². The van der Waals surface area contributed by atoms with Gasteiger partial charge in [0.2, 0.25) is 0 Å². The summed E-state index contributed by atoms with van der Waals surface area (Å²) in [6.45, 7) is 12.5. The van der Waals surface area contributed by atoms with Gasteiger partial charge in [-0.3, -0.25) is 4.79 Å². The fourth-order valence-electron chi connectivity index (χ4n) is 2.10. The fourth-order valence-corrected chi connectivity index (χ4v) is 2.10. The van der Waals surface area contributed by atoms with Crippen LogP contribution in [0.2, 0.25) is 0 Å². The Kier molecular flexibility index (Phi) is 6.25. The number of nitrogens with one attached hydrogen (secondary N) is 1. The molecule has 0 aliphatic rings. The Bertz CT molecular complexity index is 441. The quantitative estimate of drug-likeness (QED) is 0.858. The number of carbonyl (C=O) groups excluding carboxylic acids is 1. The van der Waals surface area contributed by atoms with E-state index < -0.39 is 6.10 Å². The van der Waals surface area contributed by atoms with E-state index in [0.717, 1.165) is 18.6 Å². The number of amides is 1. The van der Waals surface area contributed by atoms with Crippen molar-refractivity contribution in [2.75, 3.05) is 0 Å². The Morgan fingerprint density at radius 2 is 1.67 bits per heavy atom. The number of benzene rings is 1. The third-order valence-electron chi connectivity index (χ3n) is 3.73. The predicted molar refractivity (Wildman–Crippen MR) is 87.7 cm³/mol. The van der Waals surface area contributed by atoms with Crippen molar-refractivity contribution in [3.8, 4) is 5.75 Å². The smallest absolute Gasteiger partial charge is 0.260 e. The number of rotatable bonds is 6. The van der Waals surface area contributed by atoms with E-state index in [1.807, 2.05) is 12.1 Å². The predicted octanol–water partition coefficient (Wildman–Crippen LogP) is 4.06. The first-order chi connectivity index (χ1) is 9.77. The Labute approximate surface area is 129 Å². The minimum Gasteiger partial charge on any atom is -0.481 e. The van der Waals surface area contributed by atoms with Crippen LogP contribution < -0.4 is 10.1 Å². The minimum atomic E-state index is -0.480. The summed E-state index contributed by atoms with van der Waals surface area (Å²) >= 11 is 0. The summed E-state index contributed by atoms with van der Waals surface area (Å²) in [6, 6.07) is 8.21. The zero-order valence-electron chi connectivity index (χ0n) is 14.2. The van der Waals surface area contributed by atoms with Gasteiger partial charge in [-0.2, -0.15) is 0 Å². The van der Waals surface area contributed by atoms with Gasteiger partial charge in [0.25, 0.3) is 5.91 Å². The third kappa shape index (κ3) is 5.41. The molecule has 0 aliphatic carbocycles. The summed E-state index contributed by atoms with van der Waals surface area (Å²) in [6.07, 6.45) is 1.40. The second-order valence-electron chi connectivity index (χ2n) is 6.56. The lowest BCUT2D eigenvalue weighted by atomic mass is 9.87. The Morgan fingerprint density at radius 1 is 1.14 bits per heavy atom. The van der Waals surface area contributed by atoms with E-state index in [1.54, 1.807) is 6.92 Å². The number of hydrogen-bond acceptors (Lipinski definition) is 2. The van der Waals surface area contributed by atoms with Gasteiger partial charge >= 0.3 is 0 Å². The number of carbonyl (C=O) groups is 1. The topological polar surface area (TPSA) is 38.3 Å². The third-order valence-corrected chi connectivity index (χ3v) is 3.73. The molecule has 1 amide bonds. The molecule has 0 aromatic heterocycles. The molecular weight excluding hydrogens is 262 g/mol. The molecule has 0 heterocycles. The molecule has 1 aromatic carbocycles. The number of hydrogen-bond donors (Lipinski definition) is 1. The highest BCUT2D eigenvalue weighted by Crippen LogP contribution is 2.24. The lowest BCUT2D eigenvalue weighted by molar-refractivity contribution is -0.128. The first-order valence-electron chi connectivity index (χ1n) is 7.85. The van der Waals surface area contributed by atoms with Gasteiger partial charge < -0.3 is 10.1 Å². The SMILES string of the molecule is CCC(CC)NC(=O)C(C)Oc1ccc(C(C)(C)C)cc1. The van der Waals surface area contributed by atoms with Crippen LogP contribution in [0, 0.1) is 0 Å². The van der Waals surface area contributed by atoms with E-state index in [-0.39, 0.29) is 17.4 Å². The average molecular weight is 291 g/mol. The maximum absolute atomic E-state index is 12.1. The molecule has 0 fully saturated rings. The fraction of sp³-hybridized carbons (Fsp3) is 0.611. The molecule has 118 valence electrons. The Balaban J connectivity index is 2.62. The zero-order chi connectivity index (χ0) is 16.0. The van der Waals surface area contributed by atoms with Crippen molar-refractivity contribution in [1.82, 2.24) is 5.32 Å². The van der Waals surface area contributed by atoms with Gasteiger partial charge in [-0.25, -0.2) is 0 Å². The molecule has 0 spiro atoms. The summed E-state index contributed by atoms with van der Waals surface area (Å²) < 4.78 is 5.72. The van der Waals surface area contributed by atoms with Crippen LogP contribution in [0.1, 0.15) is 59.9 Å². The van der Waals surface area contributed by atoms with Gasteiger partial charge in [-0.15, -0.1) is 0 Å². The number of ether oxygens (including phenoxy) is 1. The molecule has 1 N–H and O–H groups in total. The van der Waals surface area contributed by atoms with E-state index in [1.165, 1.54) is 5.56 Å². The summed E-state index contributed by atoms with van der Waals surface area (Å²) in [5.41, 5.74) is 1.38. The summed E-state index contributed by atoms with van der Waals surface area (Å²) in [7, 11) is 0. The molecule has 1 rings (SSSR count). The lowest BCUT2D eigenvalue weighted by Gasteiger charge is -2.21. The van der Waals surface area contributed by atoms with Crippen LogP contribution in [0.15, 0.2) is 24.3 Å². The molecule has 21 heavy (non-hydrogen) atoms. The highest BCUT2D eigenvalue weighted by Gasteiger charge is 2.18. The highest BCUT2D eigenvalue weighted by atomic mass is 16.5. The summed E-state index contributed by atoms with van der Waals surface area (Å²) in [5, 5.41) is 3.01. The Hall–Kier alpha value is -1.51. The van der Waals surface area contributed by atoms with Gasteiger partial charge in [-0.05, 0) is 42.9 Å². The van der Waals surface area contributed by atoms with Crippen LogP contribution in [-0.4, -0.2) is 18.1 Å². The second-order valence-corrected chi connectivity index (χ2v) is 6.56. The largest absolute Gasteiger partial charge is 0.481 e. The maximum atomic E-state index is 12.1. The molecule has 1 aromatic rings. The molecule has 3 nitrogen and oxygen atoms in total. The summed E-state index contributed by atoms with van der Waals surface area (Å²) in [4.78, 5) is 12.1. The van der Waals surface area contributed by atoms with Crippen molar-refractivity contribution in [1.29, 1.82) is 0 Å². The van der Waals surface area contributed by atoms with Crippen LogP contribution >= 0.6 is 0 Å². The molecule has 3 heteroatoms. The minimum absolute atomic E-state index is 0.0522. The van der Waals surface area contributed by atoms with Crippen LogP contribution in [-0.2, 0) is 10.2 Å². The van der Waals surface area contributed by atoms with E-state index >= 15 is 0 Å². The van der Waals surface area contributed by atoms with Crippen LogP contribution in [0.4, 0.5) is 0 Å². The molecule has 0 saturated carbocycles. The average Bonchev–Trinajstić information content (AvgIpc) is 2.44. The van der Waals surface area contributed by atoms with Gasteiger partial charge in [0.05, 0.1) is 0 Å². The van der Waals surface area contributed by atoms with Crippen molar-refractivity contribution >= 4 is 5.91 Å². The van der Waals surface area contributed by atoms with Crippen LogP contribution in [0.3, 0.4) is 0 Å². The maximum Gasteiger partial charge on any atom is 0.260 e. The van der Waals surface area contributed by atoms with E-state index in [2.05, 4.69) is 52.1 Å². The van der Waals surface area contributed by atoms with Gasteiger partial charge in [-0.1, -0.05) is 46.8 Å². The van der Waals surface area contributed by atoms with Gasteiger partial charge in [0, 0.05) is 6.04 Å². The van der Waals surface area contributed by atoms with E-state index in [9.17, 15) is 4.79 Å². The van der Waals surface area contributed by atoms with Crippen molar-refractivity contribution in [3.05, 3.63) is 29.8 Å². The normalized spacial score (nSPS) is 13.1. The molecular formula is C18H29NO2. The molecule has 1 atom stereocenters. The first kappa shape index (κ1) is 17.5. The highest BCUT2D eigenvalue weighted by molar-refractivity contribution is 5.81. The van der Waals surface area contributed by atoms with Crippen molar-refractivity contribution < 1.29 is 9.53 Å². The molecule has 0 bridgehead atoms. The molecule has 0 saturated heterocycles. The van der Waals surface area contributed by atoms with E-state index in [4.69, 9.17) is 4.74 Å². The lowest BCUT2D eigenvalue weighted by Crippen LogP contribution is -2.42. The second kappa shape index (κ2) is 7.48. The van der Waals surface area contributed by atoms with E-state index in [0.29, 0.717) is 0 Å². The van der Waals surface area contributed by atoms with Crippen LogP contribution in [0.5, 0.6) is 5.75 Å². The molecule has 0 aliphatic heterocycles. The van der Waals surface area contributed by atoms with Crippen molar-refractivity contribution in [3.63, 3.8) is 0 Å². The molecule has 0 radical (unpaired) electrons. The molecule has 1 unspecified atom stereocenters. The van der Waals surface area contributed by atoms with Crippen molar-refractivity contribution in [2.24, 2.45) is 0 Å². The van der Waals surface area contributed by atoms with Crippen LogP contribution in [0.25, 0.3) is 0 Å². The Morgan fingerprint density at radius 3 is 2.10 bits per heavy atom. The zero-order valence-corrected chi connectivity index (χ0v) is 14.2. The monoisotopic (exact) mass is 291 g/mol. The van der Waals surface area contributed by atoms with Crippen molar-refractivity contribution in [2.45, 2.75) is 71.9 Å². The standard InChI is InChI=1S/C18H29NO2/c1-7-15(8-2)19-17(20)13(3)21-16-11-9-14(10-12-16)18(4,5)6/h9-13,15H,7-8H2,1-6H3,(H,19,20). The first-order valence-corrected chi connectivity index (χ1v) is 7.85. The summed E-state index contributed by atoms with van der Waals surface area (Å²) in [5.74, 6) is 0.679. The van der Waals surface area contributed by atoms with Gasteiger partial charge in [0.1, 0.15) is 5.75 Å².